The zero-order valence-corrected chi connectivity index (χ0v) is 21.0. The summed E-state index contributed by atoms with van der Waals surface area (Å²) in [7, 11) is 1.51. The second-order valence-corrected chi connectivity index (χ2v) is 10.1. The van der Waals surface area contributed by atoms with Gasteiger partial charge in [0.05, 0.1) is 23.8 Å². The molecule has 1 fully saturated rings. The topological polar surface area (TPSA) is 122 Å². The van der Waals surface area contributed by atoms with Crippen LogP contribution in [0.1, 0.15) is 33.3 Å². The number of carbonyl (C=O) groups is 3. The van der Waals surface area contributed by atoms with Crippen molar-refractivity contribution in [2.75, 3.05) is 23.5 Å². The Morgan fingerprint density at radius 3 is 2.33 bits per heavy atom. The number of urea groups is 1. The van der Waals surface area contributed by atoms with Gasteiger partial charge in [0, 0.05) is 30.8 Å². The molecular formula is C26H30N4O6. The number of methoxy groups -OCH3 is 1. The van der Waals surface area contributed by atoms with E-state index in [0.717, 1.165) is 10.6 Å². The molecule has 1 saturated heterocycles. The van der Waals surface area contributed by atoms with Gasteiger partial charge in [0.2, 0.25) is 5.91 Å². The van der Waals surface area contributed by atoms with Gasteiger partial charge in [-0.2, -0.15) is 0 Å². The van der Waals surface area contributed by atoms with Gasteiger partial charge in [-0.05, 0) is 47.7 Å². The van der Waals surface area contributed by atoms with Crippen molar-refractivity contribution in [3.8, 4) is 5.75 Å². The van der Waals surface area contributed by atoms with Gasteiger partial charge < -0.3 is 9.64 Å². The van der Waals surface area contributed by atoms with E-state index >= 15 is 0 Å². The number of ether oxygens (including phenoxy) is 1. The van der Waals surface area contributed by atoms with E-state index in [-0.39, 0.29) is 23.9 Å². The van der Waals surface area contributed by atoms with E-state index in [1.807, 2.05) is 32.6 Å². The third-order valence-corrected chi connectivity index (χ3v) is 6.83. The van der Waals surface area contributed by atoms with Crippen LogP contribution in [-0.2, 0) is 16.0 Å². The maximum Gasteiger partial charge on any atom is 0.335 e. The smallest absolute Gasteiger partial charge is 0.335 e. The maximum atomic E-state index is 14.3. The van der Waals surface area contributed by atoms with Crippen LogP contribution >= 0.6 is 0 Å². The number of hydrogen-bond donors (Lipinski definition) is 1. The summed E-state index contributed by atoms with van der Waals surface area (Å²) in [6, 6.07) is 9.56. The number of anilines is 2. The van der Waals surface area contributed by atoms with Gasteiger partial charge in [-0.25, -0.2) is 9.69 Å². The van der Waals surface area contributed by atoms with E-state index in [1.165, 1.54) is 19.2 Å². The van der Waals surface area contributed by atoms with Crippen LogP contribution in [0.2, 0.25) is 0 Å². The minimum atomic E-state index is -1.67. The van der Waals surface area contributed by atoms with E-state index in [0.29, 0.717) is 23.5 Å². The van der Waals surface area contributed by atoms with Crippen LogP contribution in [0.3, 0.4) is 0 Å². The fraction of sp³-hybridized carbons (Fsp3) is 0.423. The second kappa shape index (κ2) is 9.25. The van der Waals surface area contributed by atoms with Crippen molar-refractivity contribution in [1.29, 1.82) is 0 Å². The molecule has 190 valence electrons. The lowest BCUT2D eigenvalue weighted by molar-refractivity contribution is -0.384. The maximum absolute atomic E-state index is 14.3. The van der Waals surface area contributed by atoms with Gasteiger partial charge >= 0.3 is 6.03 Å². The van der Waals surface area contributed by atoms with Gasteiger partial charge in [-0.1, -0.05) is 27.7 Å². The molecule has 2 aliphatic rings. The van der Waals surface area contributed by atoms with Crippen molar-refractivity contribution < 1.29 is 24.0 Å². The number of nitrogens with zero attached hydrogens (tertiary/aromatic N) is 3. The molecule has 10 nitrogen and oxygen atoms in total. The number of non-ortho nitro benzene ring substituents is 1. The molecule has 0 saturated carbocycles. The summed E-state index contributed by atoms with van der Waals surface area (Å²) in [6.45, 7) is 8.45. The Labute approximate surface area is 209 Å². The van der Waals surface area contributed by atoms with Crippen molar-refractivity contribution in [1.82, 2.24) is 5.32 Å². The van der Waals surface area contributed by atoms with E-state index in [4.69, 9.17) is 4.74 Å². The highest BCUT2D eigenvalue weighted by Crippen LogP contribution is 2.48. The first-order valence-corrected chi connectivity index (χ1v) is 11.9. The Morgan fingerprint density at radius 2 is 1.78 bits per heavy atom. The zero-order valence-electron chi connectivity index (χ0n) is 21.0. The van der Waals surface area contributed by atoms with Crippen molar-refractivity contribution >= 4 is 34.9 Å². The fourth-order valence-corrected chi connectivity index (χ4v) is 5.50. The lowest BCUT2D eigenvalue weighted by Gasteiger charge is -2.53. The van der Waals surface area contributed by atoms with Crippen molar-refractivity contribution in [3.63, 3.8) is 0 Å². The number of imide groups is 2. The lowest BCUT2D eigenvalue weighted by Crippen LogP contribution is -2.73. The zero-order chi connectivity index (χ0) is 26.4. The quantitative estimate of drug-likeness (QED) is 0.367. The Balaban J connectivity index is 1.93. The molecule has 1 spiro atoms. The van der Waals surface area contributed by atoms with Crippen LogP contribution < -0.4 is 19.9 Å². The first-order valence-electron chi connectivity index (χ1n) is 11.9. The van der Waals surface area contributed by atoms with Gasteiger partial charge in [-0.15, -0.1) is 0 Å². The lowest BCUT2D eigenvalue weighted by atomic mass is 9.65. The second-order valence-electron chi connectivity index (χ2n) is 10.1. The van der Waals surface area contributed by atoms with Gasteiger partial charge in [0.25, 0.3) is 11.6 Å². The number of nitro benzene ring substituents is 1. The SMILES string of the molecule is COc1ccc(N2C(=O)NC(=O)C3(Cc4cc([N+](=O)[O-])ccc4N(CC(C)C)C3C(C)C)C2=O)cc1. The minimum absolute atomic E-state index is 0.0634. The third-order valence-electron chi connectivity index (χ3n) is 6.83. The molecule has 1 N–H and O–H groups in total. The van der Waals surface area contributed by atoms with Gasteiger partial charge in [0.1, 0.15) is 5.75 Å². The van der Waals surface area contributed by atoms with Crippen LogP contribution in [0.5, 0.6) is 5.75 Å². The highest BCUT2D eigenvalue weighted by atomic mass is 16.6. The number of nitrogens with one attached hydrogen (secondary N) is 1. The van der Waals surface area contributed by atoms with Crippen molar-refractivity contribution in [3.05, 3.63) is 58.1 Å². The molecule has 0 aliphatic carbocycles. The van der Waals surface area contributed by atoms with Crippen molar-refractivity contribution in [2.45, 2.75) is 40.2 Å². The van der Waals surface area contributed by atoms with Crippen LogP contribution in [0.25, 0.3) is 0 Å². The number of benzene rings is 2. The molecule has 10 heteroatoms. The highest BCUT2D eigenvalue weighted by molar-refractivity contribution is 6.30. The average Bonchev–Trinajstić information content (AvgIpc) is 2.82. The predicted octanol–water partition coefficient (Wildman–Crippen LogP) is 3.92. The van der Waals surface area contributed by atoms with E-state index in [2.05, 4.69) is 5.32 Å². The molecule has 36 heavy (non-hydrogen) atoms. The molecule has 2 unspecified atom stereocenters. The van der Waals surface area contributed by atoms with E-state index in [1.54, 1.807) is 30.3 Å². The molecule has 0 aromatic heterocycles. The molecule has 2 aliphatic heterocycles. The molecule has 2 atom stereocenters. The normalized spacial score (nSPS) is 21.8. The Hall–Kier alpha value is -3.95. The van der Waals surface area contributed by atoms with Crippen LogP contribution in [0.15, 0.2) is 42.5 Å². The number of nitro groups is 1. The number of carbonyl (C=O) groups excluding carboxylic acids is 3. The Kier molecular flexibility index (Phi) is 6.46. The molecule has 0 bridgehead atoms. The highest BCUT2D eigenvalue weighted by Gasteiger charge is 2.63. The summed E-state index contributed by atoms with van der Waals surface area (Å²) >= 11 is 0. The largest absolute Gasteiger partial charge is 0.497 e. The van der Waals surface area contributed by atoms with Gasteiger partial charge in [0.15, 0.2) is 5.41 Å². The fourth-order valence-electron chi connectivity index (χ4n) is 5.50. The number of barbiturate groups is 1. The molecule has 4 rings (SSSR count). The molecular weight excluding hydrogens is 464 g/mol. The monoisotopic (exact) mass is 494 g/mol. The van der Waals surface area contributed by atoms with Crippen LogP contribution in [0.4, 0.5) is 21.9 Å². The summed E-state index contributed by atoms with van der Waals surface area (Å²) in [6.07, 6.45) is -0.0634. The summed E-state index contributed by atoms with van der Waals surface area (Å²) in [5.74, 6) is -0.771. The number of hydrogen-bond acceptors (Lipinski definition) is 7. The molecule has 4 amide bonds. The third kappa shape index (κ3) is 3.96. The first kappa shape index (κ1) is 25.2. The van der Waals surface area contributed by atoms with Crippen molar-refractivity contribution in [2.24, 2.45) is 17.3 Å². The van der Waals surface area contributed by atoms with Gasteiger partial charge in [-0.3, -0.25) is 25.0 Å². The van der Waals surface area contributed by atoms with E-state index in [9.17, 15) is 24.5 Å². The summed E-state index contributed by atoms with van der Waals surface area (Å²) in [5.41, 5.74) is -0.212. The minimum Gasteiger partial charge on any atom is -0.497 e. The van der Waals surface area contributed by atoms with Crippen LogP contribution in [0, 0.1) is 27.4 Å². The summed E-state index contributed by atoms with van der Waals surface area (Å²) < 4.78 is 5.19. The number of rotatable bonds is 6. The van der Waals surface area contributed by atoms with Crippen LogP contribution in [-0.4, -0.2) is 42.5 Å². The standard InChI is InChI=1S/C26H30N4O6/c1-15(2)14-28-21-11-8-19(30(34)35)12-17(21)13-26(22(28)16(3)4)23(31)27-25(33)29(24(26)32)18-6-9-20(36-5)10-7-18/h6-12,15-16,22H,13-14H2,1-5H3,(H,27,31,33). The molecule has 2 aromatic carbocycles. The molecule has 2 aromatic rings. The molecule has 0 radical (unpaired) electrons. The first-order chi connectivity index (χ1) is 17.0. The van der Waals surface area contributed by atoms with E-state index < -0.39 is 34.2 Å². The summed E-state index contributed by atoms with van der Waals surface area (Å²) in [5, 5.41) is 13.9. The molecule has 2 heterocycles. The number of fused-ring (bicyclic) bond motifs is 1. The Bertz CT molecular complexity index is 1230. The summed E-state index contributed by atoms with van der Waals surface area (Å²) in [4.78, 5) is 55.0. The average molecular weight is 495 g/mol. The predicted molar refractivity (Wildman–Crippen MR) is 134 cm³/mol. The Morgan fingerprint density at radius 1 is 1.11 bits per heavy atom. The number of amides is 4.